The van der Waals surface area contributed by atoms with Crippen molar-refractivity contribution < 1.29 is 54.3 Å². The van der Waals surface area contributed by atoms with Crippen LogP contribution in [0.3, 0.4) is 0 Å². The highest BCUT2D eigenvalue weighted by Crippen LogP contribution is 2.35. The third-order valence-electron chi connectivity index (χ3n) is 11.7. The van der Waals surface area contributed by atoms with Crippen molar-refractivity contribution in [2.24, 2.45) is 0 Å². The SMILES string of the molecule is C.C.C.C.C.C.C.C.CC(=O)c1cc(Br)c(F)c(F)c1Nc1ccc(I)cc1C.CC(=O)c1cc(F)c(F)c(F)c1Nc1ccc(I)cc1C.CC(=O)c1ccc(F)c(F)c1Nc1ccc(I)cc1C.CC(=O)c1ccc(F)cc1Nc1ccc(I)cc1C. The Morgan fingerprint density at radius 2 is 0.640 bits per heavy atom. The molecular weight excluding hydrogens is 1680 g/mol. The summed E-state index contributed by atoms with van der Waals surface area (Å²) in [7, 11) is 0. The Hall–Kier alpha value is -5.52. The molecule has 4 N–H and O–H groups in total. The Balaban J connectivity index is -0.000000526. The van der Waals surface area contributed by atoms with Crippen LogP contribution in [0.2, 0.25) is 0 Å². The maximum absolute atomic E-state index is 14.2. The van der Waals surface area contributed by atoms with Crippen LogP contribution in [0.5, 0.6) is 0 Å². The molecule has 0 heterocycles. The number of carbonyl (C=O) groups is 4. The molecule has 0 saturated heterocycles. The third kappa shape index (κ3) is 24.2. The summed E-state index contributed by atoms with van der Waals surface area (Å²) < 4.78 is 113. The van der Waals surface area contributed by atoms with E-state index in [1.807, 2.05) is 69.3 Å². The minimum Gasteiger partial charge on any atom is -0.355 e. The maximum Gasteiger partial charge on any atom is 0.196 e. The number of nitrogens with one attached hydrogen (secondary N) is 4. The first-order valence-electron chi connectivity index (χ1n) is 23.8. The van der Waals surface area contributed by atoms with Gasteiger partial charge in [-0.15, -0.1) is 0 Å². The zero-order valence-electron chi connectivity index (χ0n) is 44.0. The van der Waals surface area contributed by atoms with E-state index in [0.29, 0.717) is 34.4 Å². The van der Waals surface area contributed by atoms with Gasteiger partial charge in [0.2, 0.25) is 0 Å². The van der Waals surface area contributed by atoms with Gasteiger partial charge < -0.3 is 21.3 Å². The number of benzene rings is 8. The second-order valence-corrected chi connectivity index (χ2v) is 23.7. The summed E-state index contributed by atoms with van der Waals surface area (Å²) in [6.07, 6.45) is 0. The Morgan fingerprint density at radius 3 is 0.989 bits per heavy atom. The van der Waals surface area contributed by atoms with E-state index < -0.39 is 46.5 Å². The summed E-state index contributed by atoms with van der Waals surface area (Å²) >= 11 is 11.6. The first kappa shape index (κ1) is 89.9. The second kappa shape index (κ2) is 40.4. The Bertz CT molecular complexity index is 3640. The van der Waals surface area contributed by atoms with Crippen LogP contribution in [0.25, 0.3) is 0 Å². The molecule has 0 radical (unpaired) electrons. The zero-order chi connectivity index (χ0) is 60.3. The fraction of sp³-hybridized carbons (Fsp3) is 0.235. The average Bonchev–Trinajstić information content (AvgIpc) is 2.20. The summed E-state index contributed by atoms with van der Waals surface area (Å²) in [5.41, 5.74) is 6.59. The van der Waals surface area contributed by atoms with Crippen molar-refractivity contribution in [2.45, 2.75) is 115 Å². The van der Waals surface area contributed by atoms with Crippen molar-refractivity contribution >= 4 is 175 Å². The fourth-order valence-corrected chi connectivity index (χ4v) is 10.5. The van der Waals surface area contributed by atoms with Gasteiger partial charge >= 0.3 is 0 Å². The smallest absolute Gasteiger partial charge is 0.196 e. The van der Waals surface area contributed by atoms with Crippen LogP contribution >= 0.6 is 106 Å². The van der Waals surface area contributed by atoms with E-state index in [0.717, 1.165) is 55.2 Å². The van der Waals surface area contributed by atoms with Crippen LogP contribution in [0.1, 0.15) is 151 Å². The lowest BCUT2D eigenvalue weighted by Crippen LogP contribution is -2.08. The van der Waals surface area contributed by atoms with Crippen molar-refractivity contribution in [2.75, 3.05) is 21.3 Å². The molecule has 0 aliphatic carbocycles. The van der Waals surface area contributed by atoms with Gasteiger partial charge in [-0.05, 0) is 299 Å². The molecule has 89 heavy (non-hydrogen) atoms. The maximum atomic E-state index is 14.2. The summed E-state index contributed by atoms with van der Waals surface area (Å²) in [6.45, 7) is 12.7. The molecule has 8 aromatic rings. The lowest BCUT2D eigenvalue weighted by Gasteiger charge is -2.15. The van der Waals surface area contributed by atoms with Gasteiger partial charge in [-0.25, -0.2) is 35.1 Å². The standard InChI is InChI=1S/C15H11BrF2INO.C15H11F3INO.C15H12F2INO.C15H13FINO.8CH4/c2*1-7-5-9(19)3-4-12(7)20-15-10(8(2)21)6-11(16)13(17)14(15)18;1-8-7-10(18)3-6-13(8)19-15-11(9(2)20)4-5-12(16)14(15)17;1-9-7-12(17)4-6-14(9)18-15-8-11(16)3-5-13(15)10(2)19;;;;;;;;/h2*3-6,20H,1-2H3;3-7,19H,1-2H3;3-8,18H,1-2H3;8*1H4. The van der Waals surface area contributed by atoms with Crippen molar-refractivity contribution in [3.05, 3.63) is 225 Å². The van der Waals surface area contributed by atoms with Crippen molar-refractivity contribution in [1.82, 2.24) is 0 Å². The Kier molecular flexibility index (Phi) is 40.8. The normalized spacial score (nSPS) is 9.54. The van der Waals surface area contributed by atoms with Gasteiger partial charge in [0.05, 0.1) is 27.2 Å². The van der Waals surface area contributed by atoms with Gasteiger partial charge in [0.25, 0.3) is 0 Å². The van der Waals surface area contributed by atoms with Gasteiger partial charge in [-0.1, -0.05) is 59.4 Å². The number of halogens is 13. The van der Waals surface area contributed by atoms with Gasteiger partial charge in [0.1, 0.15) is 5.82 Å². The number of carbonyl (C=O) groups excluding carboxylic acids is 4. The average molecular weight is 1760 g/mol. The quantitative estimate of drug-likeness (QED) is 0.0414. The van der Waals surface area contributed by atoms with E-state index in [4.69, 9.17) is 0 Å². The molecule has 0 aliphatic heterocycles. The Labute approximate surface area is 584 Å². The molecule has 0 aromatic heterocycles. The molecule has 0 atom stereocenters. The van der Waals surface area contributed by atoms with Crippen LogP contribution < -0.4 is 21.3 Å². The molecule has 8 rings (SSSR count). The zero-order valence-corrected chi connectivity index (χ0v) is 54.2. The van der Waals surface area contributed by atoms with Crippen LogP contribution in [0.15, 0.2) is 120 Å². The molecule has 0 unspecified atom stereocenters. The van der Waals surface area contributed by atoms with Crippen molar-refractivity contribution in [1.29, 1.82) is 0 Å². The minimum absolute atomic E-state index is 0. The van der Waals surface area contributed by atoms with E-state index in [2.05, 4.69) is 128 Å². The second-order valence-electron chi connectivity index (χ2n) is 17.9. The van der Waals surface area contributed by atoms with Gasteiger partial charge in [0.15, 0.2) is 63.9 Å². The highest BCUT2D eigenvalue weighted by molar-refractivity contribution is 14.1. The molecule has 0 amide bonds. The number of ketones is 4. The Morgan fingerprint density at radius 1 is 0.326 bits per heavy atom. The molecule has 0 bridgehead atoms. The molecule has 0 aliphatic rings. The molecule has 21 heteroatoms. The van der Waals surface area contributed by atoms with Crippen LogP contribution in [0, 0.1) is 88.5 Å². The first-order chi connectivity index (χ1) is 38.0. The van der Waals surface area contributed by atoms with Crippen LogP contribution in [-0.2, 0) is 0 Å². The number of hydrogen-bond donors (Lipinski definition) is 4. The van der Waals surface area contributed by atoms with E-state index in [1.54, 1.807) is 31.2 Å². The number of anilines is 8. The highest BCUT2D eigenvalue weighted by atomic mass is 127. The van der Waals surface area contributed by atoms with Crippen molar-refractivity contribution in [3.8, 4) is 0 Å². The molecular formula is C68H79BrF8I4N4O4. The summed E-state index contributed by atoms with van der Waals surface area (Å²) in [5, 5.41) is 11.5. The number of Topliss-reactive ketones (excluding diaryl/α,β-unsaturated/α-hetero) is 4. The summed E-state index contributed by atoms with van der Waals surface area (Å²) in [4.78, 5) is 46.2. The topological polar surface area (TPSA) is 116 Å². The number of hydrogen-bond acceptors (Lipinski definition) is 8. The summed E-state index contributed by atoms with van der Waals surface area (Å²) in [6, 6.07) is 30.6. The van der Waals surface area contributed by atoms with E-state index in [9.17, 15) is 54.3 Å². The van der Waals surface area contributed by atoms with E-state index >= 15 is 0 Å². The van der Waals surface area contributed by atoms with Gasteiger partial charge in [-0.3, -0.25) is 19.2 Å². The lowest BCUT2D eigenvalue weighted by atomic mass is 10.1. The molecule has 486 valence electrons. The molecule has 8 nitrogen and oxygen atoms in total. The van der Waals surface area contributed by atoms with Crippen LogP contribution in [-0.4, -0.2) is 23.1 Å². The number of aryl methyl sites for hydroxylation is 4. The number of rotatable bonds is 12. The summed E-state index contributed by atoms with van der Waals surface area (Å²) in [5.74, 6) is -10.2. The lowest BCUT2D eigenvalue weighted by molar-refractivity contribution is 0.100. The van der Waals surface area contributed by atoms with E-state index in [-0.39, 0.29) is 121 Å². The van der Waals surface area contributed by atoms with Gasteiger partial charge in [-0.2, -0.15) is 0 Å². The van der Waals surface area contributed by atoms with Crippen molar-refractivity contribution in [3.63, 3.8) is 0 Å². The van der Waals surface area contributed by atoms with E-state index in [1.165, 1.54) is 51.1 Å². The molecule has 0 saturated carbocycles. The predicted molar refractivity (Wildman–Crippen MR) is 396 cm³/mol. The van der Waals surface area contributed by atoms with Crippen LogP contribution in [0.4, 0.5) is 80.6 Å². The first-order valence-corrected chi connectivity index (χ1v) is 28.9. The highest BCUT2D eigenvalue weighted by Gasteiger charge is 2.23. The molecule has 0 fully saturated rings. The molecule has 8 aromatic carbocycles. The third-order valence-corrected chi connectivity index (χ3v) is 15.0. The monoisotopic (exact) mass is 1750 g/mol. The fourth-order valence-electron chi connectivity index (χ4n) is 7.50. The predicted octanol–water partition coefficient (Wildman–Crippen LogP) is 25.1. The molecule has 0 spiro atoms. The minimum atomic E-state index is -1.61. The largest absolute Gasteiger partial charge is 0.355 e. The van der Waals surface area contributed by atoms with Gasteiger partial charge in [0, 0.05) is 59.3 Å².